The van der Waals surface area contributed by atoms with Gasteiger partial charge in [-0.1, -0.05) is 0 Å². The van der Waals surface area contributed by atoms with Gasteiger partial charge in [0.25, 0.3) is 0 Å². The molecule has 0 aliphatic heterocycles. The highest BCUT2D eigenvalue weighted by Gasteiger charge is 2.00. The summed E-state index contributed by atoms with van der Waals surface area (Å²) >= 11 is -3.44. The summed E-state index contributed by atoms with van der Waals surface area (Å²) in [6.45, 7) is 0. The van der Waals surface area contributed by atoms with Crippen LogP contribution in [0, 0.1) is 0 Å². The molecule has 0 aromatic heterocycles. The maximum Gasteiger partial charge on any atom is 0.643 e. The SMILES string of the molecule is O.[Cl][Al]([Cl])[Cl].[Cl][Al]([Cl])[Cl]. The van der Waals surface area contributed by atoms with Crippen LogP contribution in [0.5, 0.6) is 0 Å². The van der Waals surface area contributed by atoms with Crippen molar-refractivity contribution in [2.75, 3.05) is 0 Å². The van der Waals surface area contributed by atoms with E-state index in [9.17, 15) is 0 Å². The van der Waals surface area contributed by atoms with Gasteiger partial charge in [0.05, 0.1) is 0 Å². The van der Waals surface area contributed by atoms with Gasteiger partial charge in [0, 0.05) is 0 Å². The third kappa shape index (κ3) is 108. The Morgan fingerprint density at radius 3 is 0.556 bits per heavy atom. The second kappa shape index (κ2) is 13.4. The van der Waals surface area contributed by atoms with Crippen molar-refractivity contribution in [3.8, 4) is 0 Å². The maximum absolute atomic E-state index is 4.94. The molecule has 56 valence electrons. The van der Waals surface area contributed by atoms with Crippen molar-refractivity contribution < 1.29 is 5.48 Å². The summed E-state index contributed by atoms with van der Waals surface area (Å²) in [5.74, 6) is 0. The smallest absolute Gasteiger partial charge is 0.412 e. The molecule has 0 saturated carbocycles. The fourth-order valence-electron chi connectivity index (χ4n) is 0. The quantitative estimate of drug-likeness (QED) is 0.612. The molecule has 0 rings (SSSR count). The Kier molecular flexibility index (Phi) is 26.3. The molecule has 0 aliphatic rings. The van der Waals surface area contributed by atoms with Gasteiger partial charge in [0.1, 0.15) is 0 Å². The molecule has 0 radical (unpaired) electrons. The maximum atomic E-state index is 4.94. The molecule has 0 aromatic rings. The van der Waals surface area contributed by atoms with Gasteiger partial charge in [0.15, 0.2) is 0 Å². The molecule has 0 spiro atoms. The molecular weight excluding hydrogens is 283 g/mol. The van der Waals surface area contributed by atoms with Crippen LogP contribution >= 0.6 is 60.3 Å². The van der Waals surface area contributed by atoms with Crippen LogP contribution in [0.15, 0.2) is 0 Å². The minimum Gasteiger partial charge on any atom is -0.412 e. The molecule has 0 bridgehead atoms. The Morgan fingerprint density at radius 1 is 0.556 bits per heavy atom. The van der Waals surface area contributed by atoms with Crippen molar-refractivity contribution in [3.05, 3.63) is 0 Å². The highest BCUT2D eigenvalue weighted by atomic mass is 35.8. The van der Waals surface area contributed by atoms with Crippen molar-refractivity contribution in [1.29, 1.82) is 0 Å². The van der Waals surface area contributed by atoms with Crippen LogP contribution in [0.3, 0.4) is 0 Å². The molecule has 0 heterocycles. The van der Waals surface area contributed by atoms with Crippen molar-refractivity contribution in [3.63, 3.8) is 0 Å². The topological polar surface area (TPSA) is 31.5 Å². The molecule has 0 aromatic carbocycles. The number of hydrogen-bond donors (Lipinski definition) is 0. The molecule has 0 aliphatic carbocycles. The standard InChI is InChI=1S/2Al.6ClH.H2O/h;;6*1H;1H2/q2*+3;;;;;;;/p-6. The third-order valence-electron chi connectivity index (χ3n) is 0. The van der Waals surface area contributed by atoms with E-state index in [0.29, 0.717) is 0 Å². The molecule has 9 heteroatoms. The van der Waals surface area contributed by atoms with Gasteiger partial charge in [-0.05, 0) is 0 Å². The van der Waals surface area contributed by atoms with Gasteiger partial charge in [-0.2, -0.15) is 0 Å². The van der Waals surface area contributed by atoms with E-state index in [2.05, 4.69) is 0 Å². The summed E-state index contributed by atoms with van der Waals surface area (Å²) in [4.78, 5) is 0. The van der Waals surface area contributed by atoms with Crippen molar-refractivity contribution in [2.45, 2.75) is 0 Å². The van der Waals surface area contributed by atoms with Crippen LogP contribution in [-0.2, 0) is 0 Å². The lowest BCUT2D eigenvalue weighted by Crippen LogP contribution is -1.66. The van der Waals surface area contributed by atoms with E-state index in [1.165, 1.54) is 0 Å². The number of halogens is 6. The zero-order valence-electron chi connectivity index (χ0n) is 3.92. The van der Waals surface area contributed by atoms with E-state index in [4.69, 9.17) is 60.3 Å². The lowest BCUT2D eigenvalue weighted by molar-refractivity contribution is 0.824. The first-order valence-electron chi connectivity index (χ1n) is 1.31. The number of rotatable bonds is 0. The van der Waals surface area contributed by atoms with Gasteiger partial charge in [0.2, 0.25) is 0 Å². The predicted molar refractivity (Wildman–Crippen MR) is 50.2 cm³/mol. The molecule has 9 heavy (non-hydrogen) atoms. The zero-order valence-corrected chi connectivity index (χ0v) is 10.8. The third-order valence-corrected chi connectivity index (χ3v) is 0. The van der Waals surface area contributed by atoms with Crippen LogP contribution in [0.4, 0.5) is 0 Å². The molecule has 0 fully saturated rings. The monoisotopic (exact) mass is 282 g/mol. The largest absolute Gasteiger partial charge is 0.643 e. The first-order valence-corrected chi connectivity index (χ1v) is 11.8. The molecule has 0 unspecified atom stereocenters. The van der Waals surface area contributed by atoms with Crippen molar-refractivity contribution >= 4 is 83.1 Å². The summed E-state index contributed by atoms with van der Waals surface area (Å²) < 4.78 is 0. The van der Waals surface area contributed by atoms with E-state index >= 15 is 0 Å². The summed E-state index contributed by atoms with van der Waals surface area (Å²) in [5, 5.41) is 0. The lowest BCUT2D eigenvalue weighted by atomic mass is 16.0. The van der Waals surface area contributed by atoms with E-state index in [-0.39, 0.29) is 5.48 Å². The average Bonchev–Trinajstić information content (AvgIpc) is 1.25. The van der Waals surface area contributed by atoms with Gasteiger partial charge < -0.3 is 5.48 Å². The Morgan fingerprint density at radius 2 is 0.556 bits per heavy atom. The number of hydrogen-bond acceptors (Lipinski definition) is 0. The Labute approximate surface area is 87.4 Å². The van der Waals surface area contributed by atoms with Crippen LogP contribution < -0.4 is 0 Å². The molecule has 0 saturated heterocycles. The van der Waals surface area contributed by atoms with Crippen molar-refractivity contribution in [1.82, 2.24) is 0 Å². The zero-order chi connectivity index (χ0) is 7.15. The van der Waals surface area contributed by atoms with Crippen LogP contribution in [-0.4, -0.2) is 28.2 Å². The van der Waals surface area contributed by atoms with E-state index in [0.717, 1.165) is 0 Å². The van der Waals surface area contributed by atoms with Gasteiger partial charge in [-0.25, -0.2) is 60.3 Å². The Bertz CT molecular complexity index is 26.5. The van der Waals surface area contributed by atoms with Crippen LogP contribution in [0.2, 0.25) is 0 Å². The molecule has 1 nitrogen and oxygen atoms in total. The van der Waals surface area contributed by atoms with Gasteiger partial charge in [-0.15, -0.1) is 0 Å². The average molecular weight is 285 g/mol. The summed E-state index contributed by atoms with van der Waals surface area (Å²) in [6.07, 6.45) is 0. The first-order chi connectivity index (χ1) is 3.46. The summed E-state index contributed by atoms with van der Waals surface area (Å²) in [6, 6.07) is 0. The minimum absolute atomic E-state index is 0. The summed E-state index contributed by atoms with van der Waals surface area (Å²) in [7, 11) is 29.7. The first kappa shape index (κ1) is 17.7. The van der Waals surface area contributed by atoms with E-state index < -0.39 is 22.8 Å². The van der Waals surface area contributed by atoms with E-state index in [1.54, 1.807) is 0 Å². The summed E-state index contributed by atoms with van der Waals surface area (Å²) in [5.41, 5.74) is 0. The highest BCUT2D eigenvalue weighted by Crippen LogP contribution is 1.97. The molecule has 2 N–H and O–H groups in total. The minimum atomic E-state index is -1.72. The van der Waals surface area contributed by atoms with Gasteiger partial charge in [-0.3, -0.25) is 0 Å². The molecular formula is H2Al2Cl6O. The Balaban J connectivity index is -0.0000000720. The van der Waals surface area contributed by atoms with Gasteiger partial charge >= 0.3 is 22.8 Å². The highest BCUT2D eigenvalue weighted by molar-refractivity contribution is 7.54. The van der Waals surface area contributed by atoms with Crippen molar-refractivity contribution in [2.24, 2.45) is 0 Å². The fourth-order valence-corrected chi connectivity index (χ4v) is 0. The second-order valence-electron chi connectivity index (χ2n) is 0.495. The fraction of sp³-hybridized carbons (Fsp3) is 0. The van der Waals surface area contributed by atoms with E-state index in [1.807, 2.05) is 0 Å². The molecule has 0 amide bonds. The second-order valence-corrected chi connectivity index (χ2v) is 13.4. The predicted octanol–water partition coefficient (Wildman–Crippen LogP) is 2.55. The lowest BCUT2D eigenvalue weighted by Gasteiger charge is -1.57. The normalized spacial score (nSPS) is 6.00. The molecule has 0 atom stereocenters. The van der Waals surface area contributed by atoms with Crippen LogP contribution in [0.1, 0.15) is 0 Å². The van der Waals surface area contributed by atoms with Crippen LogP contribution in [0.25, 0.3) is 0 Å². The Hall–Kier alpha value is 2.76.